The van der Waals surface area contributed by atoms with E-state index in [4.69, 9.17) is 16.3 Å². The van der Waals surface area contributed by atoms with Crippen molar-refractivity contribution in [1.29, 1.82) is 0 Å². The summed E-state index contributed by atoms with van der Waals surface area (Å²) in [6.45, 7) is 4.08. The monoisotopic (exact) mass is 291 g/mol. The number of aromatic nitrogens is 2. The van der Waals surface area contributed by atoms with Gasteiger partial charge in [-0.1, -0.05) is 30.7 Å². The molecule has 0 saturated heterocycles. The first-order valence-electron chi connectivity index (χ1n) is 6.56. The van der Waals surface area contributed by atoms with Crippen LogP contribution in [0.3, 0.4) is 0 Å². The number of benzene rings is 1. The smallest absolute Gasteiger partial charge is 0.134 e. The van der Waals surface area contributed by atoms with Crippen LogP contribution in [0.4, 0.5) is 5.82 Å². The number of hydrogen-bond donors (Lipinski definition) is 1. The lowest BCUT2D eigenvalue weighted by molar-refractivity contribution is 0.414. The first kappa shape index (κ1) is 14.6. The Balaban J connectivity index is 2.13. The quantitative estimate of drug-likeness (QED) is 0.850. The molecule has 0 bridgehead atoms. The van der Waals surface area contributed by atoms with Gasteiger partial charge in [0.05, 0.1) is 7.11 Å². The topological polar surface area (TPSA) is 47.0 Å². The van der Waals surface area contributed by atoms with E-state index in [1.807, 2.05) is 31.2 Å². The number of nitrogens with one attached hydrogen (secondary N) is 1. The molecule has 1 aromatic heterocycles. The Kier molecular flexibility index (Phi) is 4.79. The second-order valence-corrected chi connectivity index (χ2v) is 4.87. The standard InChI is InChI=1S/C15H18ClN3O/c1-4-14-18-13(16)9-15(19-14)17-10(2)11-5-7-12(20-3)8-6-11/h5-10H,4H2,1-3H3,(H,17,18,19). The van der Waals surface area contributed by atoms with Gasteiger partial charge in [-0.2, -0.15) is 0 Å². The lowest BCUT2D eigenvalue weighted by atomic mass is 10.1. The third kappa shape index (κ3) is 3.61. The maximum Gasteiger partial charge on any atom is 0.134 e. The Morgan fingerprint density at radius 2 is 1.95 bits per heavy atom. The van der Waals surface area contributed by atoms with Gasteiger partial charge >= 0.3 is 0 Å². The number of rotatable bonds is 5. The van der Waals surface area contributed by atoms with Gasteiger partial charge in [0.25, 0.3) is 0 Å². The second-order valence-electron chi connectivity index (χ2n) is 4.48. The summed E-state index contributed by atoms with van der Waals surface area (Å²) in [5.74, 6) is 2.33. The van der Waals surface area contributed by atoms with E-state index in [9.17, 15) is 0 Å². The van der Waals surface area contributed by atoms with E-state index < -0.39 is 0 Å². The molecule has 1 unspecified atom stereocenters. The summed E-state index contributed by atoms with van der Waals surface area (Å²) in [6, 6.07) is 9.80. The van der Waals surface area contributed by atoms with Crippen LogP contribution in [-0.2, 0) is 6.42 Å². The number of hydrogen-bond acceptors (Lipinski definition) is 4. The molecule has 0 saturated carbocycles. The summed E-state index contributed by atoms with van der Waals surface area (Å²) < 4.78 is 5.15. The average molecular weight is 292 g/mol. The number of aryl methyl sites for hydroxylation is 1. The molecule has 0 amide bonds. The Bertz CT molecular complexity index is 572. The van der Waals surface area contributed by atoms with E-state index >= 15 is 0 Å². The van der Waals surface area contributed by atoms with Crippen molar-refractivity contribution in [3.8, 4) is 5.75 Å². The van der Waals surface area contributed by atoms with Crippen LogP contribution in [0.1, 0.15) is 31.3 Å². The number of anilines is 1. The summed E-state index contributed by atoms with van der Waals surface area (Å²) >= 11 is 5.99. The fraction of sp³-hybridized carbons (Fsp3) is 0.333. The highest BCUT2D eigenvalue weighted by Gasteiger charge is 2.08. The van der Waals surface area contributed by atoms with E-state index in [1.165, 1.54) is 0 Å². The van der Waals surface area contributed by atoms with E-state index in [1.54, 1.807) is 13.2 Å². The highest BCUT2D eigenvalue weighted by molar-refractivity contribution is 6.29. The largest absolute Gasteiger partial charge is 0.497 e. The fourth-order valence-electron chi connectivity index (χ4n) is 1.89. The van der Waals surface area contributed by atoms with Crippen LogP contribution in [0.2, 0.25) is 5.15 Å². The van der Waals surface area contributed by atoms with Gasteiger partial charge in [0.1, 0.15) is 22.5 Å². The number of ether oxygens (including phenoxy) is 1. The molecular weight excluding hydrogens is 274 g/mol. The van der Waals surface area contributed by atoms with E-state index in [0.29, 0.717) is 5.15 Å². The summed E-state index contributed by atoms with van der Waals surface area (Å²) in [5, 5.41) is 3.79. The van der Waals surface area contributed by atoms with Crippen molar-refractivity contribution < 1.29 is 4.74 Å². The van der Waals surface area contributed by atoms with Gasteiger partial charge in [-0.15, -0.1) is 0 Å². The van der Waals surface area contributed by atoms with E-state index in [-0.39, 0.29) is 6.04 Å². The molecule has 2 rings (SSSR count). The van der Waals surface area contributed by atoms with Crippen molar-refractivity contribution in [2.45, 2.75) is 26.3 Å². The highest BCUT2D eigenvalue weighted by atomic mass is 35.5. The first-order valence-corrected chi connectivity index (χ1v) is 6.94. The maximum absolute atomic E-state index is 5.99. The Labute approximate surface area is 124 Å². The second kappa shape index (κ2) is 6.57. The Morgan fingerprint density at radius 1 is 1.25 bits per heavy atom. The third-order valence-corrected chi connectivity index (χ3v) is 3.23. The van der Waals surface area contributed by atoms with Gasteiger partial charge in [-0.25, -0.2) is 9.97 Å². The summed E-state index contributed by atoms with van der Waals surface area (Å²) in [7, 11) is 1.66. The summed E-state index contributed by atoms with van der Waals surface area (Å²) in [4.78, 5) is 8.57. The zero-order chi connectivity index (χ0) is 14.5. The number of halogens is 1. The van der Waals surface area contributed by atoms with Gasteiger partial charge in [-0.05, 0) is 24.6 Å². The van der Waals surface area contributed by atoms with E-state index in [0.717, 1.165) is 29.4 Å². The van der Waals surface area contributed by atoms with Crippen LogP contribution in [0.15, 0.2) is 30.3 Å². The SMILES string of the molecule is CCc1nc(Cl)cc(NC(C)c2ccc(OC)cc2)n1. The predicted octanol–water partition coefficient (Wildman–Crippen LogP) is 3.87. The van der Waals surface area contributed by atoms with Crippen molar-refractivity contribution in [3.63, 3.8) is 0 Å². The van der Waals surface area contributed by atoms with E-state index in [2.05, 4.69) is 22.2 Å². The van der Waals surface area contributed by atoms with Crippen molar-refractivity contribution in [3.05, 3.63) is 46.9 Å². The zero-order valence-corrected chi connectivity index (χ0v) is 12.6. The van der Waals surface area contributed by atoms with Crippen molar-refractivity contribution in [2.75, 3.05) is 12.4 Å². The molecule has 1 aromatic carbocycles. The molecule has 20 heavy (non-hydrogen) atoms. The van der Waals surface area contributed by atoms with Gasteiger partial charge in [-0.3, -0.25) is 0 Å². The predicted molar refractivity (Wildman–Crippen MR) is 81.5 cm³/mol. The third-order valence-electron chi connectivity index (χ3n) is 3.04. The highest BCUT2D eigenvalue weighted by Crippen LogP contribution is 2.22. The van der Waals surface area contributed by atoms with Gasteiger partial charge in [0.15, 0.2) is 0 Å². The molecule has 0 aliphatic rings. The average Bonchev–Trinajstić information content (AvgIpc) is 2.46. The zero-order valence-electron chi connectivity index (χ0n) is 11.9. The van der Waals surface area contributed by atoms with Gasteiger partial charge < -0.3 is 10.1 Å². The molecule has 1 N–H and O–H groups in total. The molecule has 0 fully saturated rings. The minimum atomic E-state index is 0.122. The van der Waals surface area contributed by atoms with Crippen molar-refractivity contribution >= 4 is 17.4 Å². The van der Waals surface area contributed by atoms with Crippen LogP contribution in [0.5, 0.6) is 5.75 Å². The number of methoxy groups -OCH3 is 1. The first-order chi connectivity index (χ1) is 9.62. The van der Waals surface area contributed by atoms with Gasteiger partial charge in [0.2, 0.25) is 0 Å². The molecule has 4 nitrogen and oxygen atoms in total. The molecule has 0 spiro atoms. The molecular formula is C15H18ClN3O. The van der Waals surface area contributed by atoms with Crippen LogP contribution in [0.25, 0.3) is 0 Å². The molecule has 0 aliphatic carbocycles. The molecule has 0 aliphatic heterocycles. The minimum Gasteiger partial charge on any atom is -0.497 e. The lowest BCUT2D eigenvalue weighted by Crippen LogP contribution is -2.09. The molecule has 5 heteroatoms. The van der Waals surface area contributed by atoms with Crippen LogP contribution in [-0.4, -0.2) is 17.1 Å². The summed E-state index contributed by atoms with van der Waals surface area (Å²) in [6.07, 6.45) is 0.756. The maximum atomic E-state index is 5.99. The summed E-state index contributed by atoms with van der Waals surface area (Å²) in [5.41, 5.74) is 1.15. The Hall–Kier alpha value is -1.81. The van der Waals surface area contributed by atoms with Crippen LogP contribution in [0, 0.1) is 0 Å². The molecule has 106 valence electrons. The molecule has 0 radical (unpaired) electrons. The molecule has 1 atom stereocenters. The lowest BCUT2D eigenvalue weighted by Gasteiger charge is -2.16. The Morgan fingerprint density at radius 3 is 2.55 bits per heavy atom. The van der Waals surface area contributed by atoms with Crippen LogP contribution < -0.4 is 10.1 Å². The van der Waals surface area contributed by atoms with Crippen molar-refractivity contribution in [1.82, 2.24) is 9.97 Å². The fourth-order valence-corrected chi connectivity index (χ4v) is 2.10. The molecule has 1 heterocycles. The normalized spacial score (nSPS) is 12.0. The number of nitrogens with zero attached hydrogens (tertiary/aromatic N) is 2. The van der Waals surface area contributed by atoms with Gasteiger partial charge in [0, 0.05) is 18.5 Å². The van der Waals surface area contributed by atoms with Crippen LogP contribution >= 0.6 is 11.6 Å². The molecule has 2 aromatic rings. The van der Waals surface area contributed by atoms with Crippen molar-refractivity contribution in [2.24, 2.45) is 0 Å². The minimum absolute atomic E-state index is 0.122.